The van der Waals surface area contributed by atoms with E-state index in [0.29, 0.717) is 12.1 Å². The molecule has 2 aliphatic heterocycles. The zero-order valence-electron chi connectivity index (χ0n) is 9.98. The lowest BCUT2D eigenvalue weighted by Crippen LogP contribution is -2.53. The Labute approximate surface area is 93.0 Å². The van der Waals surface area contributed by atoms with Gasteiger partial charge in [-0.15, -0.1) is 0 Å². The zero-order chi connectivity index (χ0) is 10.8. The molecular formula is C12H24N2O. The van der Waals surface area contributed by atoms with Crippen molar-refractivity contribution in [1.29, 1.82) is 0 Å². The topological polar surface area (TPSA) is 38.5 Å². The summed E-state index contributed by atoms with van der Waals surface area (Å²) in [6, 6.07) is 2.52. The van der Waals surface area contributed by atoms with E-state index in [9.17, 15) is 0 Å². The first-order valence-corrected chi connectivity index (χ1v) is 6.28. The summed E-state index contributed by atoms with van der Waals surface area (Å²) in [4.78, 5) is 2.70. The lowest BCUT2D eigenvalue weighted by atomic mass is 9.95. The molecule has 0 amide bonds. The molecule has 0 radical (unpaired) electrons. The molecule has 2 fully saturated rings. The van der Waals surface area contributed by atoms with Gasteiger partial charge in [0.1, 0.15) is 0 Å². The van der Waals surface area contributed by atoms with Gasteiger partial charge in [0.05, 0.1) is 6.61 Å². The summed E-state index contributed by atoms with van der Waals surface area (Å²) in [5.41, 5.74) is 6.08. The SMILES string of the molecule is CCC(COC)N1C2CCC1CC(N)C2. The Bertz CT molecular complexity index is 196. The summed E-state index contributed by atoms with van der Waals surface area (Å²) >= 11 is 0. The number of piperidine rings is 1. The van der Waals surface area contributed by atoms with Crippen molar-refractivity contribution in [2.24, 2.45) is 5.73 Å². The van der Waals surface area contributed by atoms with Gasteiger partial charge in [0, 0.05) is 31.3 Å². The number of fused-ring (bicyclic) bond motifs is 2. The van der Waals surface area contributed by atoms with Gasteiger partial charge >= 0.3 is 0 Å². The predicted octanol–water partition coefficient (Wildman–Crippen LogP) is 1.37. The molecule has 2 N–H and O–H groups in total. The molecule has 15 heavy (non-hydrogen) atoms. The maximum absolute atomic E-state index is 6.08. The predicted molar refractivity (Wildman–Crippen MR) is 61.8 cm³/mol. The quantitative estimate of drug-likeness (QED) is 0.765. The molecule has 0 aromatic heterocycles. The van der Waals surface area contributed by atoms with Gasteiger partial charge in [-0.2, -0.15) is 0 Å². The summed E-state index contributed by atoms with van der Waals surface area (Å²) in [6.45, 7) is 3.14. The van der Waals surface area contributed by atoms with Crippen LogP contribution in [0.25, 0.3) is 0 Å². The summed E-state index contributed by atoms with van der Waals surface area (Å²) in [6.07, 6.45) is 6.26. The van der Waals surface area contributed by atoms with Crippen molar-refractivity contribution in [3.8, 4) is 0 Å². The van der Waals surface area contributed by atoms with E-state index in [1.807, 2.05) is 0 Å². The van der Waals surface area contributed by atoms with Crippen LogP contribution in [0, 0.1) is 0 Å². The van der Waals surface area contributed by atoms with E-state index in [1.165, 1.54) is 32.1 Å². The fourth-order valence-electron chi connectivity index (χ4n) is 3.46. The minimum Gasteiger partial charge on any atom is -0.383 e. The van der Waals surface area contributed by atoms with Crippen LogP contribution >= 0.6 is 0 Å². The van der Waals surface area contributed by atoms with E-state index in [2.05, 4.69) is 11.8 Å². The van der Waals surface area contributed by atoms with Crippen molar-refractivity contribution < 1.29 is 4.74 Å². The maximum Gasteiger partial charge on any atom is 0.0618 e. The molecule has 3 nitrogen and oxygen atoms in total. The molecule has 2 aliphatic rings. The highest BCUT2D eigenvalue weighted by molar-refractivity contribution is 4.98. The Hall–Kier alpha value is -0.120. The summed E-state index contributed by atoms with van der Waals surface area (Å²) < 4.78 is 5.33. The third-order valence-electron chi connectivity index (χ3n) is 4.08. The van der Waals surface area contributed by atoms with Gasteiger partial charge < -0.3 is 10.5 Å². The highest BCUT2D eigenvalue weighted by Gasteiger charge is 2.42. The first-order chi connectivity index (χ1) is 7.26. The van der Waals surface area contributed by atoms with Crippen LogP contribution < -0.4 is 5.73 Å². The van der Waals surface area contributed by atoms with E-state index in [4.69, 9.17) is 10.5 Å². The first-order valence-electron chi connectivity index (χ1n) is 6.28. The molecule has 88 valence electrons. The van der Waals surface area contributed by atoms with Gasteiger partial charge in [0.25, 0.3) is 0 Å². The average molecular weight is 212 g/mol. The summed E-state index contributed by atoms with van der Waals surface area (Å²) in [5, 5.41) is 0. The number of ether oxygens (including phenoxy) is 1. The lowest BCUT2D eigenvalue weighted by molar-refractivity contribution is 0.0277. The number of hydrogen-bond donors (Lipinski definition) is 1. The average Bonchev–Trinajstić information content (AvgIpc) is 2.47. The Balaban J connectivity index is 2.02. The molecule has 2 bridgehead atoms. The van der Waals surface area contributed by atoms with Gasteiger partial charge in [-0.05, 0) is 32.1 Å². The third-order valence-corrected chi connectivity index (χ3v) is 4.08. The molecule has 3 unspecified atom stereocenters. The highest BCUT2D eigenvalue weighted by Crippen LogP contribution is 2.37. The second-order valence-corrected chi connectivity index (χ2v) is 5.08. The lowest BCUT2D eigenvalue weighted by Gasteiger charge is -2.42. The van der Waals surface area contributed by atoms with E-state index < -0.39 is 0 Å². The van der Waals surface area contributed by atoms with Gasteiger partial charge in [0.2, 0.25) is 0 Å². The molecule has 2 heterocycles. The van der Waals surface area contributed by atoms with Crippen molar-refractivity contribution in [2.75, 3.05) is 13.7 Å². The van der Waals surface area contributed by atoms with E-state index in [0.717, 1.165) is 18.7 Å². The van der Waals surface area contributed by atoms with E-state index in [1.54, 1.807) is 7.11 Å². The Morgan fingerprint density at radius 3 is 2.40 bits per heavy atom. The van der Waals surface area contributed by atoms with E-state index >= 15 is 0 Å². The smallest absolute Gasteiger partial charge is 0.0618 e. The molecule has 0 saturated carbocycles. The van der Waals surface area contributed by atoms with Gasteiger partial charge in [0.15, 0.2) is 0 Å². The maximum atomic E-state index is 6.08. The van der Waals surface area contributed by atoms with Crippen LogP contribution in [-0.2, 0) is 4.74 Å². The van der Waals surface area contributed by atoms with Gasteiger partial charge in [-0.25, -0.2) is 0 Å². The first kappa shape index (κ1) is 11.4. The van der Waals surface area contributed by atoms with Crippen molar-refractivity contribution in [2.45, 2.75) is 63.2 Å². The molecule has 3 heteroatoms. The van der Waals surface area contributed by atoms with Crippen molar-refractivity contribution in [3.05, 3.63) is 0 Å². The standard InChI is InChI=1S/C12H24N2O/c1-3-10(8-15-2)14-11-4-5-12(14)7-9(13)6-11/h9-12H,3-8,13H2,1-2H3. The highest BCUT2D eigenvalue weighted by atomic mass is 16.5. The second kappa shape index (κ2) is 4.81. The van der Waals surface area contributed by atoms with Crippen LogP contribution in [-0.4, -0.2) is 42.8 Å². The van der Waals surface area contributed by atoms with Crippen LogP contribution in [0.1, 0.15) is 39.0 Å². The van der Waals surface area contributed by atoms with Crippen molar-refractivity contribution in [3.63, 3.8) is 0 Å². The zero-order valence-corrected chi connectivity index (χ0v) is 9.98. The molecule has 0 aliphatic carbocycles. The van der Waals surface area contributed by atoms with Gasteiger partial charge in [-0.1, -0.05) is 6.92 Å². The minimum atomic E-state index is 0.443. The summed E-state index contributed by atoms with van der Waals surface area (Å²) in [5.74, 6) is 0. The monoisotopic (exact) mass is 212 g/mol. The largest absolute Gasteiger partial charge is 0.383 e. The van der Waals surface area contributed by atoms with Crippen LogP contribution in [0.4, 0.5) is 0 Å². The number of hydrogen-bond acceptors (Lipinski definition) is 3. The molecular weight excluding hydrogens is 188 g/mol. The van der Waals surface area contributed by atoms with Crippen LogP contribution in [0.5, 0.6) is 0 Å². The molecule has 3 atom stereocenters. The molecule has 0 spiro atoms. The number of nitrogens with zero attached hydrogens (tertiary/aromatic N) is 1. The van der Waals surface area contributed by atoms with E-state index in [-0.39, 0.29) is 0 Å². The Morgan fingerprint density at radius 2 is 1.93 bits per heavy atom. The second-order valence-electron chi connectivity index (χ2n) is 5.08. The van der Waals surface area contributed by atoms with Crippen LogP contribution in [0.3, 0.4) is 0 Å². The van der Waals surface area contributed by atoms with Crippen molar-refractivity contribution in [1.82, 2.24) is 4.90 Å². The van der Waals surface area contributed by atoms with Crippen molar-refractivity contribution >= 4 is 0 Å². The van der Waals surface area contributed by atoms with Crippen LogP contribution in [0.15, 0.2) is 0 Å². The third kappa shape index (κ3) is 2.19. The number of methoxy groups -OCH3 is 1. The van der Waals surface area contributed by atoms with Gasteiger partial charge in [-0.3, -0.25) is 4.90 Å². The normalized spacial score (nSPS) is 38.2. The number of rotatable bonds is 4. The van der Waals surface area contributed by atoms with Crippen LogP contribution in [0.2, 0.25) is 0 Å². The minimum absolute atomic E-state index is 0.443. The fraction of sp³-hybridized carbons (Fsp3) is 1.00. The molecule has 2 rings (SSSR count). The Kier molecular flexibility index (Phi) is 3.65. The molecule has 2 saturated heterocycles. The number of nitrogens with two attached hydrogens (primary N) is 1. The molecule has 0 aromatic carbocycles. The fourth-order valence-corrected chi connectivity index (χ4v) is 3.46. The summed E-state index contributed by atoms with van der Waals surface area (Å²) in [7, 11) is 1.81. The molecule has 0 aromatic rings. The Morgan fingerprint density at radius 1 is 1.33 bits per heavy atom.